The quantitative estimate of drug-likeness (QED) is 0.776. The molecule has 2 nitrogen and oxygen atoms in total. The zero-order chi connectivity index (χ0) is 12.2. The highest BCUT2D eigenvalue weighted by Crippen LogP contribution is 2.29. The van der Waals surface area contributed by atoms with Crippen molar-refractivity contribution in [3.8, 4) is 0 Å². The van der Waals surface area contributed by atoms with Crippen molar-refractivity contribution in [1.29, 1.82) is 0 Å². The SMILES string of the molecule is c1cc(CNCCC2CCC2)c2c(c1)NCCC2. The molecule has 0 amide bonds. The van der Waals surface area contributed by atoms with Gasteiger partial charge in [-0.15, -0.1) is 0 Å². The summed E-state index contributed by atoms with van der Waals surface area (Å²) < 4.78 is 0. The Labute approximate surface area is 110 Å². The summed E-state index contributed by atoms with van der Waals surface area (Å²) >= 11 is 0. The summed E-state index contributed by atoms with van der Waals surface area (Å²) in [6.07, 6.45) is 8.27. The summed E-state index contributed by atoms with van der Waals surface area (Å²) in [6, 6.07) is 6.68. The van der Waals surface area contributed by atoms with Crippen molar-refractivity contribution >= 4 is 5.69 Å². The third-order valence-electron chi connectivity index (χ3n) is 4.46. The molecule has 1 fully saturated rings. The zero-order valence-electron chi connectivity index (χ0n) is 11.2. The molecule has 0 atom stereocenters. The van der Waals surface area contributed by atoms with Crippen LogP contribution in [0.5, 0.6) is 0 Å². The van der Waals surface area contributed by atoms with Gasteiger partial charge in [-0.05, 0) is 48.9 Å². The summed E-state index contributed by atoms with van der Waals surface area (Å²) in [5, 5.41) is 7.13. The predicted octanol–water partition coefficient (Wildman–Crippen LogP) is 3.32. The van der Waals surface area contributed by atoms with Gasteiger partial charge in [0.25, 0.3) is 0 Å². The Bertz CT molecular complexity index is 396. The standard InChI is InChI=1S/C16H24N2/c1-4-13(5-1)9-11-17-12-14-6-2-8-16-15(14)7-3-10-18-16/h2,6,8,13,17-18H,1,3-5,7,9-12H2. The monoisotopic (exact) mass is 244 g/mol. The molecule has 1 aliphatic carbocycles. The molecule has 3 rings (SSSR count). The van der Waals surface area contributed by atoms with Crippen LogP contribution < -0.4 is 10.6 Å². The highest BCUT2D eigenvalue weighted by molar-refractivity contribution is 5.56. The van der Waals surface area contributed by atoms with Gasteiger partial charge in [0.05, 0.1) is 0 Å². The number of nitrogens with one attached hydrogen (secondary N) is 2. The lowest BCUT2D eigenvalue weighted by Gasteiger charge is -2.25. The summed E-state index contributed by atoms with van der Waals surface area (Å²) in [5.74, 6) is 1.02. The minimum Gasteiger partial charge on any atom is -0.385 e. The topological polar surface area (TPSA) is 24.1 Å². The van der Waals surface area contributed by atoms with Crippen molar-refractivity contribution in [2.45, 2.75) is 45.1 Å². The van der Waals surface area contributed by atoms with Crippen LogP contribution in [0, 0.1) is 5.92 Å². The molecule has 98 valence electrons. The van der Waals surface area contributed by atoms with E-state index in [0.717, 1.165) is 19.0 Å². The Balaban J connectivity index is 1.52. The van der Waals surface area contributed by atoms with Crippen LogP contribution >= 0.6 is 0 Å². The van der Waals surface area contributed by atoms with E-state index in [2.05, 4.69) is 28.8 Å². The Morgan fingerprint density at radius 2 is 2.17 bits per heavy atom. The van der Waals surface area contributed by atoms with Crippen LogP contribution in [0.15, 0.2) is 18.2 Å². The van der Waals surface area contributed by atoms with Crippen LogP contribution in [0.2, 0.25) is 0 Å². The second kappa shape index (κ2) is 5.75. The van der Waals surface area contributed by atoms with Gasteiger partial charge in [-0.2, -0.15) is 0 Å². The molecule has 1 heterocycles. The number of fused-ring (bicyclic) bond motifs is 1. The van der Waals surface area contributed by atoms with Gasteiger partial charge in [0.15, 0.2) is 0 Å². The number of hydrogen-bond donors (Lipinski definition) is 2. The fourth-order valence-electron chi connectivity index (χ4n) is 3.06. The maximum Gasteiger partial charge on any atom is 0.0375 e. The Kier molecular flexibility index (Phi) is 3.84. The van der Waals surface area contributed by atoms with Gasteiger partial charge in [-0.1, -0.05) is 31.4 Å². The fraction of sp³-hybridized carbons (Fsp3) is 0.625. The van der Waals surface area contributed by atoms with Gasteiger partial charge in [0.2, 0.25) is 0 Å². The minimum atomic E-state index is 1.02. The second-order valence-electron chi connectivity index (χ2n) is 5.74. The van der Waals surface area contributed by atoms with Crippen molar-refractivity contribution in [2.24, 2.45) is 5.92 Å². The lowest BCUT2D eigenvalue weighted by atomic mass is 9.83. The van der Waals surface area contributed by atoms with Crippen LogP contribution in [-0.4, -0.2) is 13.1 Å². The molecule has 0 radical (unpaired) electrons. The van der Waals surface area contributed by atoms with E-state index in [0.29, 0.717) is 0 Å². The number of rotatable bonds is 5. The Morgan fingerprint density at radius 3 is 3.00 bits per heavy atom. The first-order valence-corrected chi connectivity index (χ1v) is 7.49. The van der Waals surface area contributed by atoms with Crippen molar-refractivity contribution in [1.82, 2.24) is 5.32 Å². The van der Waals surface area contributed by atoms with E-state index in [4.69, 9.17) is 0 Å². The average Bonchev–Trinajstić information content (AvgIpc) is 2.36. The highest BCUT2D eigenvalue weighted by Gasteiger charge is 2.16. The zero-order valence-corrected chi connectivity index (χ0v) is 11.2. The first-order valence-electron chi connectivity index (χ1n) is 7.49. The Morgan fingerprint density at radius 1 is 1.22 bits per heavy atom. The van der Waals surface area contributed by atoms with Crippen molar-refractivity contribution < 1.29 is 0 Å². The lowest BCUT2D eigenvalue weighted by molar-refractivity contribution is 0.292. The molecule has 18 heavy (non-hydrogen) atoms. The van der Waals surface area contributed by atoms with Gasteiger partial charge in [-0.25, -0.2) is 0 Å². The minimum absolute atomic E-state index is 1.02. The molecule has 1 aliphatic heterocycles. The first-order chi connectivity index (χ1) is 8.93. The highest BCUT2D eigenvalue weighted by atomic mass is 14.9. The summed E-state index contributed by atoms with van der Waals surface area (Å²) in [5.41, 5.74) is 4.40. The molecule has 1 saturated carbocycles. The van der Waals surface area contributed by atoms with E-state index >= 15 is 0 Å². The lowest BCUT2D eigenvalue weighted by Crippen LogP contribution is -2.22. The largest absolute Gasteiger partial charge is 0.385 e. The molecular formula is C16H24N2. The number of hydrogen-bond acceptors (Lipinski definition) is 2. The van der Waals surface area contributed by atoms with E-state index in [1.54, 1.807) is 5.56 Å². The van der Waals surface area contributed by atoms with E-state index in [1.807, 2.05) is 0 Å². The van der Waals surface area contributed by atoms with Crippen LogP contribution in [0.4, 0.5) is 5.69 Å². The van der Waals surface area contributed by atoms with Crippen molar-refractivity contribution in [3.05, 3.63) is 29.3 Å². The Hall–Kier alpha value is -1.02. The first kappa shape index (κ1) is 12.0. The molecule has 0 saturated heterocycles. The fourth-order valence-corrected chi connectivity index (χ4v) is 3.06. The molecule has 2 heteroatoms. The third kappa shape index (κ3) is 2.69. The smallest absolute Gasteiger partial charge is 0.0375 e. The third-order valence-corrected chi connectivity index (χ3v) is 4.46. The van der Waals surface area contributed by atoms with Gasteiger partial charge in [0, 0.05) is 18.8 Å². The van der Waals surface area contributed by atoms with E-state index < -0.39 is 0 Å². The molecule has 2 aliphatic rings. The molecule has 0 spiro atoms. The van der Waals surface area contributed by atoms with Gasteiger partial charge in [-0.3, -0.25) is 0 Å². The van der Waals surface area contributed by atoms with Crippen molar-refractivity contribution in [3.63, 3.8) is 0 Å². The summed E-state index contributed by atoms with van der Waals surface area (Å²) in [7, 11) is 0. The molecule has 1 aromatic carbocycles. The summed E-state index contributed by atoms with van der Waals surface area (Å²) in [6.45, 7) is 3.35. The molecule has 0 bridgehead atoms. The predicted molar refractivity (Wildman–Crippen MR) is 76.9 cm³/mol. The normalized spacial score (nSPS) is 18.9. The van der Waals surface area contributed by atoms with E-state index in [-0.39, 0.29) is 0 Å². The van der Waals surface area contributed by atoms with Crippen molar-refractivity contribution in [2.75, 3.05) is 18.4 Å². The second-order valence-corrected chi connectivity index (χ2v) is 5.74. The summed E-state index contributed by atoms with van der Waals surface area (Å²) in [4.78, 5) is 0. The number of benzene rings is 1. The van der Waals surface area contributed by atoms with E-state index in [1.165, 1.54) is 56.3 Å². The van der Waals surface area contributed by atoms with Crippen LogP contribution in [-0.2, 0) is 13.0 Å². The molecule has 2 N–H and O–H groups in total. The van der Waals surface area contributed by atoms with Gasteiger partial charge >= 0.3 is 0 Å². The average molecular weight is 244 g/mol. The van der Waals surface area contributed by atoms with Crippen LogP contribution in [0.1, 0.15) is 43.2 Å². The van der Waals surface area contributed by atoms with Gasteiger partial charge in [0.1, 0.15) is 0 Å². The van der Waals surface area contributed by atoms with E-state index in [9.17, 15) is 0 Å². The molecule has 0 aromatic heterocycles. The maximum absolute atomic E-state index is 3.62. The number of anilines is 1. The molecular weight excluding hydrogens is 220 g/mol. The molecule has 1 aromatic rings. The van der Waals surface area contributed by atoms with Gasteiger partial charge < -0.3 is 10.6 Å². The molecule has 0 unspecified atom stereocenters. The van der Waals surface area contributed by atoms with Crippen LogP contribution in [0.25, 0.3) is 0 Å². The maximum atomic E-state index is 3.62. The van der Waals surface area contributed by atoms with Crippen LogP contribution in [0.3, 0.4) is 0 Å².